The van der Waals surface area contributed by atoms with E-state index in [-0.39, 0.29) is 17.0 Å². The Bertz CT molecular complexity index is 945. The molecule has 0 unspecified atom stereocenters. The summed E-state index contributed by atoms with van der Waals surface area (Å²) in [7, 11) is 0. The van der Waals surface area contributed by atoms with Gasteiger partial charge in [0.2, 0.25) is 4.80 Å². The van der Waals surface area contributed by atoms with Gasteiger partial charge in [-0.2, -0.15) is 0 Å². The van der Waals surface area contributed by atoms with Gasteiger partial charge in [-0.25, -0.2) is 9.67 Å². The second kappa shape index (κ2) is 9.06. The third-order valence-electron chi connectivity index (χ3n) is 4.35. The van der Waals surface area contributed by atoms with Crippen molar-refractivity contribution in [2.24, 2.45) is 4.99 Å². The average Bonchev–Trinajstić information content (AvgIpc) is 3.08. The first-order valence-corrected chi connectivity index (χ1v) is 9.87. The van der Waals surface area contributed by atoms with Crippen molar-refractivity contribution >= 4 is 45.6 Å². The molecule has 27 heavy (non-hydrogen) atoms. The van der Waals surface area contributed by atoms with E-state index >= 15 is 0 Å². The van der Waals surface area contributed by atoms with Gasteiger partial charge in [0, 0.05) is 16.0 Å². The molecule has 7 heteroatoms. The summed E-state index contributed by atoms with van der Waals surface area (Å²) in [4.78, 5) is 5.81. The Hall–Kier alpha value is -1.60. The molecule has 1 aliphatic rings. The van der Waals surface area contributed by atoms with Crippen LogP contribution >= 0.6 is 39.9 Å². The molecule has 0 aliphatic carbocycles. The van der Waals surface area contributed by atoms with Crippen LogP contribution in [0.5, 0.6) is 0 Å². The van der Waals surface area contributed by atoms with Crippen LogP contribution in [0.25, 0.3) is 11.3 Å². The molecule has 0 bridgehead atoms. The molecule has 2 aromatic carbocycles. The Morgan fingerprint density at radius 1 is 1.00 bits per heavy atom. The van der Waals surface area contributed by atoms with E-state index in [4.69, 9.17) is 21.3 Å². The van der Waals surface area contributed by atoms with E-state index in [1.165, 1.54) is 11.1 Å². The maximum absolute atomic E-state index is 6.00. The lowest BCUT2D eigenvalue weighted by atomic mass is 10.1. The molecule has 0 atom stereocenters. The third-order valence-corrected chi connectivity index (χ3v) is 5.42. The number of thiazole rings is 1. The summed E-state index contributed by atoms with van der Waals surface area (Å²) in [6.07, 6.45) is 0. The van der Waals surface area contributed by atoms with Crippen LogP contribution in [0.3, 0.4) is 0 Å². The van der Waals surface area contributed by atoms with E-state index in [1.54, 1.807) is 11.3 Å². The Balaban J connectivity index is 0.00000210. The molecule has 0 saturated carbocycles. The average molecular weight is 467 g/mol. The highest BCUT2D eigenvalue weighted by molar-refractivity contribution is 8.93. The van der Waals surface area contributed by atoms with Crippen molar-refractivity contribution < 1.29 is 4.74 Å². The van der Waals surface area contributed by atoms with E-state index in [9.17, 15) is 0 Å². The molecule has 0 N–H and O–H groups in total. The normalized spacial score (nSPS) is 14.9. The van der Waals surface area contributed by atoms with Crippen LogP contribution in [0.2, 0.25) is 5.02 Å². The van der Waals surface area contributed by atoms with Crippen LogP contribution in [0.1, 0.15) is 5.56 Å². The van der Waals surface area contributed by atoms with Crippen molar-refractivity contribution in [3.05, 3.63) is 69.3 Å². The van der Waals surface area contributed by atoms with Crippen molar-refractivity contribution in [1.82, 2.24) is 4.68 Å². The van der Waals surface area contributed by atoms with Gasteiger partial charge < -0.3 is 9.75 Å². The SMILES string of the molecule is Br.Cc1ccc(-c2csc(=Nc3ccc(Cl)cc3)n2N2CCOCC2)cc1. The molecule has 0 amide bonds. The smallest absolute Gasteiger partial charge is 0.209 e. The first-order chi connectivity index (χ1) is 12.7. The molecule has 0 radical (unpaired) electrons. The van der Waals surface area contributed by atoms with Crippen LogP contribution in [-0.4, -0.2) is 31.0 Å². The van der Waals surface area contributed by atoms with Crippen LogP contribution in [0.4, 0.5) is 5.69 Å². The summed E-state index contributed by atoms with van der Waals surface area (Å²) in [5, 5.41) is 5.20. The first kappa shape index (κ1) is 20.1. The summed E-state index contributed by atoms with van der Waals surface area (Å²) in [5.41, 5.74) is 4.50. The Kier molecular flexibility index (Phi) is 6.76. The van der Waals surface area contributed by atoms with Gasteiger partial charge in [0.05, 0.1) is 37.7 Å². The number of aromatic nitrogens is 1. The number of benzene rings is 2. The van der Waals surface area contributed by atoms with Crippen LogP contribution in [-0.2, 0) is 4.74 Å². The highest BCUT2D eigenvalue weighted by atomic mass is 79.9. The lowest BCUT2D eigenvalue weighted by molar-refractivity contribution is 0.111. The highest BCUT2D eigenvalue weighted by Crippen LogP contribution is 2.22. The summed E-state index contributed by atoms with van der Waals surface area (Å²) in [5.74, 6) is 0. The largest absolute Gasteiger partial charge is 0.378 e. The van der Waals surface area contributed by atoms with Gasteiger partial charge in [0.15, 0.2) is 0 Å². The van der Waals surface area contributed by atoms with E-state index in [1.807, 2.05) is 24.3 Å². The number of halogens is 2. The molecule has 2 heterocycles. The molecule has 1 aromatic heterocycles. The van der Waals surface area contributed by atoms with Gasteiger partial charge in [-0.15, -0.1) is 28.3 Å². The molecule has 0 spiro atoms. The molecule has 1 aliphatic heterocycles. The van der Waals surface area contributed by atoms with Crippen LogP contribution in [0, 0.1) is 6.92 Å². The van der Waals surface area contributed by atoms with Crippen molar-refractivity contribution in [1.29, 1.82) is 0 Å². The Morgan fingerprint density at radius 3 is 2.33 bits per heavy atom. The van der Waals surface area contributed by atoms with Gasteiger partial charge in [-0.1, -0.05) is 41.4 Å². The summed E-state index contributed by atoms with van der Waals surface area (Å²) in [6, 6.07) is 16.2. The monoisotopic (exact) mass is 465 g/mol. The second-order valence-electron chi connectivity index (χ2n) is 6.24. The molecule has 3 aromatic rings. The predicted molar refractivity (Wildman–Crippen MR) is 118 cm³/mol. The molecular formula is C20H21BrClN3OS. The van der Waals surface area contributed by atoms with Crippen molar-refractivity contribution in [3.8, 4) is 11.3 Å². The van der Waals surface area contributed by atoms with Crippen molar-refractivity contribution in [3.63, 3.8) is 0 Å². The zero-order valence-corrected chi connectivity index (χ0v) is 18.3. The van der Waals surface area contributed by atoms with E-state index < -0.39 is 0 Å². The molecular weight excluding hydrogens is 446 g/mol. The van der Waals surface area contributed by atoms with Crippen molar-refractivity contribution in [2.75, 3.05) is 31.3 Å². The van der Waals surface area contributed by atoms with Gasteiger partial charge in [0.25, 0.3) is 0 Å². The standard InChI is InChI=1S/C20H20ClN3OS.BrH/c1-15-2-4-16(5-3-15)19-14-26-20(22-18-8-6-17(21)7-9-18)24(19)23-10-12-25-13-11-23;/h2-9,14H,10-13H2,1H3;1H. The maximum atomic E-state index is 6.00. The molecule has 1 fully saturated rings. The summed E-state index contributed by atoms with van der Waals surface area (Å²) >= 11 is 7.65. The minimum atomic E-state index is 0. The third kappa shape index (κ3) is 4.63. The number of nitrogens with zero attached hydrogens (tertiary/aromatic N) is 3. The van der Waals surface area contributed by atoms with Crippen molar-refractivity contribution in [2.45, 2.75) is 6.92 Å². The van der Waals surface area contributed by atoms with Gasteiger partial charge in [0.1, 0.15) is 0 Å². The maximum Gasteiger partial charge on any atom is 0.209 e. The second-order valence-corrected chi connectivity index (χ2v) is 7.51. The Morgan fingerprint density at radius 2 is 1.67 bits per heavy atom. The molecule has 142 valence electrons. The predicted octanol–water partition coefficient (Wildman–Crippen LogP) is 4.96. The van der Waals surface area contributed by atoms with E-state index in [0.29, 0.717) is 0 Å². The van der Waals surface area contributed by atoms with E-state index in [2.05, 4.69) is 46.3 Å². The number of hydrogen-bond acceptors (Lipinski definition) is 4. The summed E-state index contributed by atoms with van der Waals surface area (Å²) < 4.78 is 7.76. The van der Waals surface area contributed by atoms with Gasteiger partial charge >= 0.3 is 0 Å². The zero-order valence-electron chi connectivity index (χ0n) is 15.0. The quantitative estimate of drug-likeness (QED) is 0.546. The highest BCUT2D eigenvalue weighted by Gasteiger charge is 2.17. The number of ether oxygens (including phenoxy) is 1. The topological polar surface area (TPSA) is 29.8 Å². The fourth-order valence-corrected chi connectivity index (χ4v) is 4.00. The lowest BCUT2D eigenvalue weighted by Gasteiger charge is -2.31. The van der Waals surface area contributed by atoms with Crippen LogP contribution < -0.4 is 9.81 Å². The Labute approximate surface area is 178 Å². The minimum absolute atomic E-state index is 0. The first-order valence-electron chi connectivity index (χ1n) is 8.61. The van der Waals surface area contributed by atoms with Gasteiger partial charge in [-0.05, 0) is 31.2 Å². The molecule has 1 saturated heterocycles. The lowest BCUT2D eigenvalue weighted by Crippen LogP contribution is -2.48. The number of aryl methyl sites for hydroxylation is 1. The van der Waals surface area contributed by atoms with Gasteiger partial charge in [-0.3, -0.25) is 0 Å². The number of rotatable bonds is 3. The summed E-state index contributed by atoms with van der Waals surface area (Å²) in [6.45, 7) is 5.27. The molecule has 4 rings (SSSR count). The number of morpholine rings is 1. The number of hydrogen-bond donors (Lipinski definition) is 0. The van der Waals surface area contributed by atoms with E-state index in [0.717, 1.165) is 47.5 Å². The fourth-order valence-electron chi connectivity index (χ4n) is 2.95. The minimum Gasteiger partial charge on any atom is -0.378 e. The molecule has 4 nitrogen and oxygen atoms in total. The fraction of sp³-hybridized carbons (Fsp3) is 0.250. The zero-order chi connectivity index (χ0) is 17.9. The van der Waals surface area contributed by atoms with Crippen LogP contribution in [0.15, 0.2) is 58.9 Å².